The van der Waals surface area contributed by atoms with Crippen molar-refractivity contribution in [3.8, 4) is 0 Å². The predicted octanol–water partition coefficient (Wildman–Crippen LogP) is 2.00. The summed E-state index contributed by atoms with van der Waals surface area (Å²) in [5, 5.41) is 6.06. The lowest BCUT2D eigenvalue weighted by Gasteiger charge is -2.11. The first kappa shape index (κ1) is 13.7. The van der Waals surface area contributed by atoms with Crippen LogP contribution in [-0.4, -0.2) is 18.5 Å². The first-order chi connectivity index (χ1) is 8.11. The minimum atomic E-state index is 0.0471. The molecule has 0 spiro atoms. The van der Waals surface area contributed by atoms with Gasteiger partial charge in [0.2, 0.25) is 5.91 Å². The van der Waals surface area contributed by atoms with E-state index in [4.69, 9.17) is 0 Å². The van der Waals surface area contributed by atoms with E-state index in [2.05, 4.69) is 43.5 Å². The molecule has 0 bridgehead atoms. The normalized spacial score (nSPS) is 12.2. The second-order valence-corrected chi connectivity index (χ2v) is 4.45. The third-order valence-corrected chi connectivity index (χ3v) is 2.83. The molecule has 17 heavy (non-hydrogen) atoms. The summed E-state index contributed by atoms with van der Waals surface area (Å²) in [6.07, 6.45) is 1.03. The smallest absolute Gasteiger partial charge is 0.234 e. The van der Waals surface area contributed by atoms with E-state index in [0.29, 0.717) is 19.1 Å². The molecular formula is C14H22N2O. The first-order valence-corrected chi connectivity index (χ1v) is 6.17. The molecule has 0 saturated heterocycles. The highest BCUT2D eigenvalue weighted by atomic mass is 16.1. The maximum Gasteiger partial charge on any atom is 0.234 e. The molecule has 0 aliphatic heterocycles. The lowest BCUT2D eigenvalue weighted by atomic mass is 10.1. The second kappa shape index (κ2) is 7.07. The molecule has 0 aromatic heterocycles. The van der Waals surface area contributed by atoms with E-state index in [9.17, 15) is 4.79 Å². The molecule has 1 atom stereocenters. The Morgan fingerprint density at radius 1 is 1.29 bits per heavy atom. The van der Waals surface area contributed by atoms with Gasteiger partial charge in [0.05, 0.1) is 6.54 Å². The van der Waals surface area contributed by atoms with Crippen LogP contribution in [0.5, 0.6) is 0 Å². The molecular weight excluding hydrogens is 212 g/mol. The van der Waals surface area contributed by atoms with Gasteiger partial charge in [-0.2, -0.15) is 0 Å². The number of hydrogen-bond acceptors (Lipinski definition) is 2. The monoisotopic (exact) mass is 234 g/mol. The number of nitrogens with one attached hydrogen (secondary N) is 2. The molecule has 1 unspecified atom stereocenters. The van der Waals surface area contributed by atoms with Crippen LogP contribution in [0.1, 0.15) is 31.4 Å². The average Bonchev–Trinajstić information content (AvgIpc) is 2.35. The number of carbonyl (C=O) groups excluding carboxylic acids is 1. The SMILES string of the molecule is CCC(C)NCC(=O)NCc1ccc(C)cc1. The molecule has 0 fully saturated rings. The molecule has 1 rings (SSSR count). The Labute approximate surface area is 104 Å². The van der Waals surface area contributed by atoms with Crippen LogP contribution in [0.25, 0.3) is 0 Å². The van der Waals surface area contributed by atoms with Crippen LogP contribution in [0.3, 0.4) is 0 Å². The van der Waals surface area contributed by atoms with Gasteiger partial charge >= 0.3 is 0 Å². The van der Waals surface area contributed by atoms with E-state index in [1.165, 1.54) is 5.56 Å². The third kappa shape index (κ3) is 5.50. The maximum atomic E-state index is 11.5. The van der Waals surface area contributed by atoms with E-state index in [1.807, 2.05) is 12.1 Å². The first-order valence-electron chi connectivity index (χ1n) is 6.17. The molecule has 3 heteroatoms. The number of carbonyl (C=O) groups is 1. The number of rotatable bonds is 6. The molecule has 0 saturated carbocycles. The zero-order chi connectivity index (χ0) is 12.7. The van der Waals surface area contributed by atoms with Crippen molar-refractivity contribution in [1.82, 2.24) is 10.6 Å². The number of aryl methyl sites for hydroxylation is 1. The van der Waals surface area contributed by atoms with Gasteiger partial charge < -0.3 is 10.6 Å². The Bertz CT molecular complexity index is 346. The largest absolute Gasteiger partial charge is 0.351 e. The van der Waals surface area contributed by atoms with Crippen molar-refractivity contribution in [2.75, 3.05) is 6.54 Å². The summed E-state index contributed by atoms with van der Waals surface area (Å²) in [6.45, 7) is 7.22. The Morgan fingerprint density at radius 3 is 2.53 bits per heavy atom. The van der Waals surface area contributed by atoms with E-state index < -0.39 is 0 Å². The van der Waals surface area contributed by atoms with Gasteiger partial charge in [-0.15, -0.1) is 0 Å². The molecule has 1 aromatic carbocycles. The highest BCUT2D eigenvalue weighted by Gasteiger charge is 2.03. The summed E-state index contributed by atoms with van der Waals surface area (Å²) in [5.41, 5.74) is 2.37. The summed E-state index contributed by atoms with van der Waals surface area (Å²) < 4.78 is 0. The molecule has 0 aliphatic carbocycles. The van der Waals surface area contributed by atoms with Crippen molar-refractivity contribution >= 4 is 5.91 Å². The summed E-state index contributed by atoms with van der Waals surface area (Å²) in [7, 11) is 0. The standard InChI is InChI=1S/C14H22N2O/c1-4-12(3)15-10-14(17)16-9-13-7-5-11(2)6-8-13/h5-8,12,15H,4,9-10H2,1-3H3,(H,16,17). The van der Waals surface area contributed by atoms with E-state index >= 15 is 0 Å². The summed E-state index contributed by atoms with van der Waals surface area (Å²) in [6, 6.07) is 8.58. The van der Waals surface area contributed by atoms with Crippen molar-refractivity contribution in [2.24, 2.45) is 0 Å². The van der Waals surface area contributed by atoms with Crippen molar-refractivity contribution in [3.63, 3.8) is 0 Å². The van der Waals surface area contributed by atoms with E-state index in [-0.39, 0.29) is 5.91 Å². The van der Waals surface area contributed by atoms with Gasteiger partial charge in [0.25, 0.3) is 0 Å². The van der Waals surface area contributed by atoms with Crippen LogP contribution in [-0.2, 0) is 11.3 Å². The van der Waals surface area contributed by atoms with Gasteiger partial charge in [0.1, 0.15) is 0 Å². The Kier molecular flexibility index (Phi) is 5.70. The average molecular weight is 234 g/mol. The fourth-order valence-electron chi connectivity index (χ4n) is 1.38. The van der Waals surface area contributed by atoms with Crippen LogP contribution in [0.15, 0.2) is 24.3 Å². The summed E-state index contributed by atoms with van der Waals surface area (Å²) in [4.78, 5) is 11.5. The zero-order valence-corrected chi connectivity index (χ0v) is 10.9. The highest BCUT2D eigenvalue weighted by molar-refractivity contribution is 5.77. The highest BCUT2D eigenvalue weighted by Crippen LogP contribution is 2.02. The van der Waals surface area contributed by atoms with Crippen molar-refractivity contribution < 1.29 is 4.79 Å². The maximum absolute atomic E-state index is 11.5. The lowest BCUT2D eigenvalue weighted by molar-refractivity contribution is -0.120. The molecule has 1 aromatic rings. The van der Waals surface area contributed by atoms with Gasteiger partial charge in [0.15, 0.2) is 0 Å². The fourth-order valence-corrected chi connectivity index (χ4v) is 1.38. The van der Waals surface area contributed by atoms with Crippen LogP contribution in [0, 0.1) is 6.92 Å². The van der Waals surface area contributed by atoms with E-state index in [0.717, 1.165) is 12.0 Å². The van der Waals surface area contributed by atoms with Crippen molar-refractivity contribution in [1.29, 1.82) is 0 Å². The van der Waals surface area contributed by atoms with Crippen LogP contribution >= 0.6 is 0 Å². The quantitative estimate of drug-likeness (QED) is 0.790. The van der Waals surface area contributed by atoms with Crippen molar-refractivity contribution in [3.05, 3.63) is 35.4 Å². The van der Waals surface area contributed by atoms with Gasteiger partial charge in [-0.05, 0) is 25.8 Å². The molecule has 2 N–H and O–H groups in total. The predicted molar refractivity (Wildman–Crippen MR) is 70.8 cm³/mol. The topological polar surface area (TPSA) is 41.1 Å². The molecule has 1 amide bonds. The molecule has 0 radical (unpaired) electrons. The van der Waals surface area contributed by atoms with Gasteiger partial charge in [-0.1, -0.05) is 36.8 Å². The lowest BCUT2D eigenvalue weighted by Crippen LogP contribution is -2.37. The Balaban J connectivity index is 2.26. The minimum absolute atomic E-state index is 0.0471. The van der Waals surface area contributed by atoms with Crippen LogP contribution in [0.2, 0.25) is 0 Å². The summed E-state index contributed by atoms with van der Waals surface area (Å²) >= 11 is 0. The molecule has 0 heterocycles. The van der Waals surface area contributed by atoms with E-state index in [1.54, 1.807) is 0 Å². The Hall–Kier alpha value is -1.35. The number of hydrogen-bond donors (Lipinski definition) is 2. The molecule has 3 nitrogen and oxygen atoms in total. The third-order valence-electron chi connectivity index (χ3n) is 2.83. The second-order valence-electron chi connectivity index (χ2n) is 4.45. The van der Waals surface area contributed by atoms with Crippen LogP contribution < -0.4 is 10.6 Å². The Morgan fingerprint density at radius 2 is 1.94 bits per heavy atom. The van der Waals surface area contributed by atoms with Gasteiger partial charge in [-0.3, -0.25) is 4.79 Å². The van der Waals surface area contributed by atoms with Crippen LogP contribution in [0.4, 0.5) is 0 Å². The molecule has 0 aliphatic rings. The fraction of sp³-hybridized carbons (Fsp3) is 0.500. The van der Waals surface area contributed by atoms with Gasteiger partial charge in [-0.25, -0.2) is 0 Å². The number of benzene rings is 1. The minimum Gasteiger partial charge on any atom is -0.351 e. The van der Waals surface area contributed by atoms with Gasteiger partial charge in [0, 0.05) is 12.6 Å². The molecule has 94 valence electrons. The number of amides is 1. The summed E-state index contributed by atoms with van der Waals surface area (Å²) in [5.74, 6) is 0.0471. The zero-order valence-electron chi connectivity index (χ0n) is 10.9. The van der Waals surface area contributed by atoms with Crippen molar-refractivity contribution in [2.45, 2.75) is 39.8 Å².